The van der Waals surface area contributed by atoms with Crippen LogP contribution in [0.2, 0.25) is 0 Å². The molecule has 0 aliphatic carbocycles. The second kappa shape index (κ2) is 8.08. The number of amides is 1. The van der Waals surface area contributed by atoms with E-state index in [1.807, 2.05) is 29.2 Å². The molecule has 1 unspecified atom stereocenters. The molecule has 2 aromatic rings. The summed E-state index contributed by atoms with van der Waals surface area (Å²) in [6.45, 7) is 2.15. The molecule has 1 heterocycles. The number of fused-ring (bicyclic) bond motifs is 1. The van der Waals surface area contributed by atoms with Crippen molar-refractivity contribution in [2.75, 3.05) is 18.1 Å². The Balaban J connectivity index is 1.69. The van der Waals surface area contributed by atoms with E-state index in [0.29, 0.717) is 18.7 Å². The average Bonchev–Trinajstić information content (AvgIpc) is 3.08. The van der Waals surface area contributed by atoms with Crippen molar-refractivity contribution in [1.29, 1.82) is 0 Å². The summed E-state index contributed by atoms with van der Waals surface area (Å²) >= 11 is 0. The van der Waals surface area contributed by atoms with Crippen LogP contribution >= 0.6 is 0 Å². The summed E-state index contributed by atoms with van der Waals surface area (Å²) in [6.07, 6.45) is 1.21. The van der Waals surface area contributed by atoms with Gasteiger partial charge in [-0.1, -0.05) is 18.2 Å². The number of rotatable bonds is 8. The Bertz CT molecular complexity index is 928. The van der Waals surface area contributed by atoms with Gasteiger partial charge in [-0.2, -0.15) is 0 Å². The number of ether oxygens (including phenoxy) is 1. The Morgan fingerprint density at radius 3 is 2.71 bits per heavy atom. The molecule has 28 heavy (non-hydrogen) atoms. The van der Waals surface area contributed by atoms with Gasteiger partial charge in [0, 0.05) is 24.7 Å². The van der Waals surface area contributed by atoms with Gasteiger partial charge in [0.2, 0.25) is 5.91 Å². The number of primary amides is 1. The Kier molecular flexibility index (Phi) is 5.58. The number of nitro benzene ring substituents is 1. The SMILES string of the molecule is CC(=O)c1cc(OCCC(C(N)=O)N2CCc3ccccc32)ccc1[N+](=O)[O-]. The highest BCUT2D eigenvalue weighted by Crippen LogP contribution is 2.30. The van der Waals surface area contributed by atoms with Crippen molar-refractivity contribution in [2.24, 2.45) is 5.73 Å². The molecule has 1 aliphatic rings. The molecular formula is C20H21N3O5. The third kappa shape index (κ3) is 3.95. The number of carbonyl (C=O) groups is 2. The largest absolute Gasteiger partial charge is 0.493 e. The molecule has 3 rings (SSSR count). The highest BCUT2D eigenvalue weighted by atomic mass is 16.6. The first kappa shape index (κ1) is 19.3. The summed E-state index contributed by atoms with van der Waals surface area (Å²) in [7, 11) is 0. The second-order valence-electron chi connectivity index (χ2n) is 6.62. The minimum absolute atomic E-state index is 0.0116. The van der Waals surface area contributed by atoms with Crippen molar-refractivity contribution in [3.05, 3.63) is 63.7 Å². The number of nitro groups is 1. The number of Topliss-reactive ketones (excluding diaryl/α,β-unsaturated/α-hetero) is 1. The third-order valence-electron chi connectivity index (χ3n) is 4.83. The van der Waals surface area contributed by atoms with E-state index in [-0.39, 0.29) is 17.9 Å². The molecule has 0 radical (unpaired) electrons. The molecule has 0 spiro atoms. The zero-order chi connectivity index (χ0) is 20.3. The normalized spacial score (nSPS) is 13.7. The lowest BCUT2D eigenvalue weighted by atomic mass is 10.1. The molecule has 2 N–H and O–H groups in total. The van der Waals surface area contributed by atoms with Gasteiger partial charge >= 0.3 is 0 Å². The van der Waals surface area contributed by atoms with Crippen LogP contribution in [0.15, 0.2) is 42.5 Å². The maximum Gasteiger partial charge on any atom is 0.280 e. The van der Waals surface area contributed by atoms with Gasteiger partial charge in [-0.25, -0.2) is 0 Å². The van der Waals surface area contributed by atoms with Crippen LogP contribution in [0, 0.1) is 10.1 Å². The minimum Gasteiger partial charge on any atom is -0.493 e. The number of para-hydroxylation sites is 1. The van der Waals surface area contributed by atoms with E-state index in [2.05, 4.69) is 0 Å². The fourth-order valence-corrected chi connectivity index (χ4v) is 3.47. The maximum absolute atomic E-state index is 12.0. The van der Waals surface area contributed by atoms with Gasteiger partial charge in [0.1, 0.15) is 11.8 Å². The molecule has 0 bridgehead atoms. The van der Waals surface area contributed by atoms with Crippen LogP contribution in [-0.4, -0.2) is 35.8 Å². The first-order chi connectivity index (χ1) is 13.4. The van der Waals surface area contributed by atoms with Gasteiger partial charge in [0.15, 0.2) is 5.78 Å². The summed E-state index contributed by atoms with van der Waals surface area (Å²) in [5.41, 5.74) is 7.52. The fourth-order valence-electron chi connectivity index (χ4n) is 3.47. The van der Waals surface area contributed by atoms with E-state index in [1.54, 1.807) is 0 Å². The number of anilines is 1. The van der Waals surface area contributed by atoms with E-state index in [1.165, 1.54) is 30.7 Å². The van der Waals surface area contributed by atoms with Crippen LogP contribution in [0.3, 0.4) is 0 Å². The van der Waals surface area contributed by atoms with E-state index < -0.39 is 22.7 Å². The summed E-state index contributed by atoms with van der Waals surface area (Å²) in [5, 5.41) is 11.0. The molecule has 8 heteroatoms. The van der Waals surface area contributed by atoms with Crippen molar-refractivity contribution in [3.8, 4) is 5.75 Å². The summed E-state index contributed by atoms with van der Waals surface area (Å²) in [6, 6.07) is 11.4. The molecule has 8 nitrogen and oxygen atoms in total. The van der Waals surface area contributed by atoms with E-state index in [4.69, 9.17) is 10.5 Å². The van der Waals surface area contributed by atoms with Gasteiger partial charge in [-0.05, 0) is 37.1 Å². The number of hydrogen-bond acceptors (Lipinski definition) is 6. The number of benzene rings is 2. The predicted molar refractivity (Wildman–Crippen MR) is 104 cm³/mol. The van der Waals surface area contributed by atoms with Crippen LogP contribution in [0.25, 0.3) is 0 Å². The summed E-state index contributed by atoms with van der Waals surface area (Å²) < 4.78 is 5.65. The maximum atomic E-state index is 12.0. The molecule has 146 valence electrons. The lowest BCUT2D eigenvalue weighted by Gasteiger charge is -2.28. The van der Waals surface area contributed by atoms with Gasteiger partial charge in [-0.15, -0.1) is 0 Å². The molecule has 0 aromatic heterocycles. The monoisotopic (exact) mass is 383 g/mol. The van der Waals surface area contributed by atoms with Crippen LogP contribution in [-0.2, 0) is 11.2 Å². The molecule has 0 saturated carbocycles. The quantitative estimate of drug-likeness (QED) is 0.425. The Morgan fingerprint density at radius 2 is 2.04 bits per heavy atom. The number of nitrogens with two attached hydrogens (primary N) is 1. The summed E-state index contributed by atoms with van der Waals surface area (Å²) in [5.74, 6) is -0.518. The van der Waals surface area contributed by atoms with Crippen molar-refractivity contribution in [2.45, 2.75) is 25.8 Å². The molecule has 1 amide bonds. The van der Waals surface area contributed by atoms with E-state index >= 15 is 0 Å². The van der Waals surface area contributed by atoms with E-state index in [9.17, 15) is 19.7 Å². The highest BCUT2D eigenvalue weighted by molar-refractivity contribution is 5.98. The third-order valence-corrected chi connectivity index (χ3v) is 4.83. The first-order valence-corrected chi connectivity index (χ1v) is 8.94. The lowest BCUT2D eigenvalue weighted by Crippen LogP contribution is -2.45. The van der Waals surface area contributed by atoms with Gasteiger partial charge in [0.25, 0.3) is 5.69 Å². The Hall–Kier alpha value is -3.42. The number of nitrogens with zero attached hydrogens (tertiary/aromatic N) is 2. The molecule has 0 saturated heterocycles. The van der Waals surface area contributed by atoms with Crippen LogP contribution in [0.4, 0.5) is 11.4 Å². The smallest absolute Gasteiger partial charge is 0.280 e. The molecule has 2 aromatic carbocycles. The predicted octanol–water partition coefficient (Wildman–Crippen LogP) is 2.48. The zero-order valence-corrected chi connectivity index (χ0v) is 15.5. The number of ketones is 1. The molecule has 1 aliphatic heterocycles. The van der Waals surface area contributed by atoms with Crippen LogP contribution < -0.4 is 15.4 Å². The topological polar surface area (TPSA) is 116 Å². The first-order valence-electron chi connectivity index (χ1n) is 8.94. The van der Waals surface area contributed by atoms with E-state index in [0.717, 1.165) is 12.1 Å². The molecule has 0 fully saturated rings. The second-order valence-corrected chi connectivity index (χ2v) is 6.62. The fraction of sp³-hybridized carbons (Fsp3) is 0.300. The standard InChI is InChI=1S/C20H21N3O5/c1-13(24)16-12-15(6-7-18(16)23(26)27)28-11-9-19(20(21)25)22-10-8-14-4-2-3-5-17(14)22/h2-7,12,19H,8-11H2,1H3,(H2,21,25). The van der Waals surface area contributed by atoms with Crippen molar-refractivity contribution >= 4 is 23.1 Å². The van der Waals surface area contributed by atoms with Gasteiger partial charge in [-0.3, -0.25) is 19.7 Å². The lowest BCUT2D eigenvalue weighted by molar-refractivity contribution is -0.385. The van der Waals surface area contributed by atoms with Crippen LogP contribution in [0.1, 0.15) is 29.3 Å². The summed E-state index contributed by atoms with van der Waals surface area (Å²) in [4.78, 5) is 36.1. The van der Waals surface area contributed by atoms with Crippen molar-refractivity contribution < 1.29 is 19.2 Å². The van der Waals surface area contributed by atoms with Crippen LogP contribution in [0.5, 0.6) is 5.75 Å². The molecule has 1 atom stereocenters. The Labute approximate surface area is 162 Å². The average molecular weight is 383 g/mol. The minimum atomic E-state index is -0.603. The van der Waals surface area contributed by atoms with Crippen molar-refractivity contribution in [1.82, 2.24) is 0 Å². The number of carbonyl (C=O) groups excluding carboxylic acids is 2. The zero-order valence-electron chi connectivity index (χ0n) is 15.5. The molecular weight excluding hydrogens is 362 g/mol. The Morgan fingerprint density at radius 1 is 1.29 bits per heavy atom. The van der Waals surface area contributed by atoms with Crippen molar-refractivity contribution in [3.63, 3.8) is 0 Å². The van der Waals surface area contributed by atoms with Gasteiger partial charge in [0.05, 0.1) is 17.1 Å². The van der Waals surface area contributed by atoms with Gasteiger partial charge < -0.3 is 15.4 Å². The highest BCUT2D eigenvalue weighted by Gasteiger charge is 2.29. The number of hydrogen-bond donors (Lipinski definition) is 1.